The molecule has 0 aromatic rings. The van der Waals surface area contributed by atoms with Gasteiger partial charge in [0.05, 0.1) is 13.2 Å². The van der Waals surface area contributed by atoms with Crippen LogP contribution in [0.2, 0.25) is 0 Å². The predicted octanol–water partition coefficient (Wildman–Crippen LogP) is -0.753. The predicted molar refractivity (Wildman–Crippen MR) is 60.0 cm³/mol. The Labute approximate surface area is 96.9 Å². The monoisotopic (exact) mass is 226 g/mol. The van der Waals surface area contributed by atoms with Gasteiger partial charge >= 0.3 is 5.97 Å². The Morgan fingerprint density at radius 2 is 2.19 bits per heavy atom. The zero-order chi connectivity index (χ0) is 11.8. The maximum atomic E-state index is 10.8. The Kier molecular flexibility index (Phi) is 5.91. The lowest BCUT2D eigenvalue weighted by Gasteiger charge is -2.21. The van der Waals surface area contributed by atoms with Crippen LogP contribution in [0.3, 0.4) is 0 Å². The quantitative estimate of drug-likeness (QED) is 0.508. The molecule has 4 nitrogen and oxygen atoms in total. The second kappa shape index (κ2) is 7.26. The molecular formula is C12H20NO3+. The fourth-order valence-electron chi connectivity index (χ4n) is 1.54. The van der Waals surface area contributed by atoms with E-state index >= 15 is 0 Å². The summed E-state index contributed by atoms with van der Waals surface area (Å²) in [5.74, 6) is 5.82. The molecule has 0 aromatic heterocycles. The van der Waals surface area contributed by atoms with Gasteiger partial charge in [-0.05, 0) is 12.3 Å². The van der Waals surface area contributed by atoms with Crippen molar-refractivity contribution < 1.29 is 19.2 Å². The van der Waals surface area contributed by atoms with E-state index in [1.165, 1.54) is 11.8 Å². The Bertz CT molecular complexity index is 274. The fourth-order valence-corrected chi connectivity index (χ4v) is 1.54. The number of morpholine rings is 1. The average molecular weight is 226 g/mol. The summed E-state index contributed by atoms with van der Waals surface area (Å²) in [6, 6.07) is 0. The number of esters is 1. The first-order valence-electron chi connectivity index (χ1n) is 5.79. The highest BCUT2D eigenvalue weighted by molar-refractivity contribution is 5.66. The van der Waals surface area contributed by atoms with Gasteiger partial charge in [0, 0.05) is 6.92 Å². The number of carbonyl (C=O) groups is 1. The molecule has 1 fully saturated rings. The average Bonchev–Trinajstić information content (AvgIpc) is 2.28. The van der Waals surface area contributed by atoms with Crippen LogP contribution in [0.1, 0.15) is 20.3 Å². The Hall–Kier alpha value is -1.05. The first-order valence-corrected chi connectivity index (χ1v) is 5.79. The summed E-state index contributed by atoms with van der Waals surface area (Å²) in [7, 11) is 0. The van der Waals surface area contributed by atoms with Gasteiger partial charge in [-0.15, -0.1) is 0 Å². The minimum atomic E-state index is -0.264. The largest absolute Gasteiger partial charge is 0.449 e. The third kappa shape index (κ3) is 5.15. The third-order valence-electron chi connectivity index (χ3n) is 2.48. The zero-order valence-electron chi connectivity index (χ0n) is 10.0. The van der Waals surface area contributed by atoms with E-state index in [0.29, 0.717) is 0 Å². The smallest absolute Gasteiger partial charge is 0.303 e. The van der Waals surface area contributed by atoms with Gasteiger partial charge < -0.3 is 14.4 Å². The van der Waals surface area contributed by atoms with Crippen LogP contribution in [0, 0.1) is 11.8 Å². The zero-order valence-corrected chi connectivity index (χ0v) is 10.0. The first kappa shape index (κ1) is 13.0. The number of nitrogens with one attached hydrogen (secondary N) is 1. The van der Waals surface area contributed by atoms with Gasteiger partial charge in [0.15, 0.2) is 6.10 Å². The van der Waals surface area contributed by atoms with Crippen molar-refractivity contribution in [3.05, 3.63) is 0 Å². The summed E-state index contributed by atoms with van der Waals surface area (Å²) in [6.45, 7) is 7.84. The highest BCUT2D eigenvalue weighted by Gasteiger charge is 2.11. The number of hydrogen-bond donors (Lipinski definition) is 1. The highest BCUT2D eigenvalue weighted by atomic mass is 16.5. The summed E-state index contributed by atoms with van der Waals surface area (Å²) in [4.78, 5) is 12.2. The molecule has 0 aromatic carbocycles. The molecule has 4 heteroatoms. The van der Waals surface area contributed by atoms with Gasteiger partial charge in [-0.2, -0.15) is 0 Å². The van der Waals surface area contributed by atoms with Crippen molar-refractivity contribution in [2.45, 2.75) is 26.4 Å². The molecule has 16 heavy (non-hydrogen) atoms. The Morgan fingerprint density at radius 3 is 2.75 bits per heavy atom. The van der Waals surface area contributed by atoms with Crippen molar-refractivity contribution >= 4 is 5.97 Å². The van der Waals surface area contributed by atoms with E-state index in [1.54, 1.807) is 0 Å². The van der Waals surface area contributed by atoms with Crippen LogP contribution in [-0.4, -0.2) is 44.9 Å². The molecule has 90 valence electrons. The minimum Gasteiger partial charge on any atom is -0.449 e. The molecule has 1 rings (SSSR count). The van der Waals surface area contributed by atoms with E-state index in [9.17, 15) is 4.79 Å². The molecule has 1 aliphatic rings. The first-order chi connectivity index (χ1) is 7.72. The highest BCUT2D eigenvalue weighted by Crippen LogP contribution is 1.95. The third-order valence-corrected chi connectivity index (χ3v) is 2.48. The molecule has 0 spiro atoms. The normalized spacial score (nSPS) is 18.4. The number of hydrogen-bond acceptors (Lipinski definition) is 3. The molecule has 1 saturated heterocycles. The van der Waals surface area contributed by atoms with Crippen molar-refractivity contribution in [2.75, 3.05) is 32.8 Å². The second-order valence-electron chi connectivity index (χ2n) is 3.87. The van der Waals surface area contributed by atoms with E-state index in [2.05, 4.69) is 11.8 Å². The Balaban J connectivity index is 2.30. The number of quaternary nitrogens is 1. The van der Waals surface area contributed by atoms with Crippen LogP contribution >= 0.6 is 0 Å². The van der Waals surface area contributed by atoms with E-state index in [0.717, 1.165) is 39.3 Å². The van der Waals surface area contributed by atoms with Gasteiger partial charge in [-0.3, -0.25) is 4.79 Å². The maximum Gasteiger partial charge on any atom is 0.303 e. The van der Waals surface area contributed by atoms with E-state index in [-0.39, 0.29) is 12.1 Å². The van der Waals surface area contributed by atoms with Crippen molar-refractivity contribution in [3.8, 4) is 11.8 Å². The minimum absolute atomic E-state index is 0.252. The van der Waals surface area contributed by atoms with Crippen LogP contribution < -0.4 is 4.90 Å². The van der Waals surface area contributed by atoms with Gasteiger partial charge in [-0.1, -0.05) is 12.8 Å². The van der Waals surface area contributed by atoms with Gasteiger partial charge in [0.25, 0.3) is 0 Å². The van der Waals surface area contributed by atoms with Crippen LogP contribution in [0.4, 0.5) is 0 Å². The van der Waals surface area contributed by atoms with Gasteiger partial charge in [0.2, 0.25) is 0 Å². The fraction of sp³-hybridized carbons (Fsp3) is 0.750. The Morgan fingerprint density at radius 1 is 1.50 bits per heavy atom. The lowest BCUT2D eigenvalue weighted by atomic mass is 10.3. The summed E-state index contributed by atoms with van der Waals surface area (Å²) in [6.07, 6.45) is 0.489. The standard InChI is InChI=1S/C12H19NO3/c1-3-12(16-11(2)14)5-4-6-13-7-9-15-10-8-13/h12H,3,6-10H2,1-2H3/p+1/t12-/m0/s1. The van der Waals surface area contributed by atoms with E-state index in [4.69, 9.17) is 9.47 Å². The van der Waals surface area contributed by atoms with E-state index < -0.39 is 0 Å². The lowest BCUT2D eigenvalue weighted by Crippen LogP contribution is -3.14. The second-order valence-corrected chi connectivity index (χ2v) is 3.87. The maximum absolute atomic E-state index is 10.8. The van der Waals surface area contributed by atoms with Crippen molar-refractivity contribution in [1.82, 2.24) is 0 Å². The van der Waals surface area contributed by atoms with Gasteiger partial charge in [0.1, 0.15) is 19.6 Å². The van der Waals surface area contributed by atoms with Crippen molar-refractivity contribution in [3.63, 3.8) is 0 Å². The molecule has 1 heterocycles. The van der Waals surface area contributed by atoms with Crippen molar-refractivity contribution in [2.24, 2.45) is 0 Å². The summed E-state index contributed by atoms with van der Waals surface area (Å²) >= 11 is 0. The SMILES string of the molecule is CC[C@@H](C#CC[NH+]1CCOCC1)OC(C)=O. The van der Waals surface area contributed by atoms with Crippen LogP contribution in [0.5, 0.6) is 0 Å². The van der Waals surface area contributed by atoms with Crippen LogP contribution in [0.15, 0.2) is 0 Å². The molecular weight excluding hydrogens is 206 g/mol. The molecule has 1 N–H and O–H groups in total. The molecule has 0 aliphatic carbocycles. The molecule has 0 saturated carbocycles. The summed E-state index contributed by atoms with van der Waals surface area (Å²) in [5, 5.41) is 0. The van der Waals surface area contributed by atoms with Crippen LogP contribution in [0.25, 0.3) is 0 Å². The number of carbonyl (C=O) groups excluding carboxylic acids is 1. The molecule has 0 bridgehead atoms. The summed E-state index contributed by atoms with van der Waals surface area (Å²) in [5.41, 5.74) is 0. The molecule has 1 aliphatic heterocycles. The molecule has 0 unspecified atom stereocenters. The van der Waals surface area contributed by atoms with E-state index in [1.807, 2.05) is 6.92 Å². The van der Waals surface area contributed by atoms with Crippen molar-refractivity contribution in [1.29, 1.82) is 0 Å². The van der Waals surface area contributed by atoms with Gasteiger partial charge in [-0.25, -0.2) is 0 Å². The number of rotatable bonds is 3. The molecule has 0 amide bonds. The number of ether oxygens (including phenoxy) is 2. The summed E-state index contributed by atoms with van der Waals surface area (Å²) < 4.78 is 10.3. The topological polar surface area (TPSA) is 40.0 Å². The van der Waals surface area contributed by atoms with Crippen LogP contribution in [-0.2, 0) is 14.3 Å². The molecule has 1 atom stereocenters. The lowest BCUT2D eigenvalue weighted by molar-refractivity contribution is -0.900. The molecule has 0 radical (unpaired) electrons.